The first-order chi connectivity index (χ1) is 7.57. The minimum absolute atomic E-state index is 0.879. The van der Waals surface area contributed by atoms with Crippen molar-refractivity contribution in [3.63, 3.8) is 0 Å². The maximum absolute atomic E-state index is 3.70. The number of hydrogen-bond acceptors (Lipinski definition) is 1. The average molecular weight is 281 g/mol. The Kier molecular flexibility index (Phi) is 3.08. The molecule has 0 unspecified atom stereocenters. The molecule has 1 aromatic heterocycles. The van der Waals surface area contributed by atoms with Gasteiger partial charge in [-0.3, -0.25) is 0 Å². The number of halogens is 1. The minimum atomic E-state index is 0.879. The summed E-state index contributed by atoms with van der Waals surface area (Å²) < 4.78 is 3.49. The van der Waals surface area contributed by atoms with E-state index in [-0.39, 0.29) is 0 Å². The van der Waals surface area contributed by atoms with Crippen molar-refractivity contribution < 1.29 is 0 Å². The Hall–Kier alpha value is -0.800. The highest BCUT2D eigenvalue weighted by Crippen LogP contribution is 2.33. The van der Waals surface area contributed by atoms with Gasteiger partial charge >= 0.3 is 0 Å². The van der Waals surface area contributed by atoms with Crippen LogP contribution in [0.4, 0.5) is 0 Å². The summed E-state index contributed by atoms with van der Waals surface area (Å²) >= 11 is 3.70. The highest BCUT2D eigenvalue weighted by molar-refractivity contribution is 9.10. The summed E-state index contributed by atoms with van der Waals surface area (Å²) in [6.45, 7) is 5.23. The molecule has 3 heteroatoms. The second-order valence-electron chi connectivity index (χ2n) is 4.25. The lowest BCUT2D eigenvalue weighted by molar-refractivity contribution is 0.741. The Bertz CT molecular complexity index is 541. The fourth-order valence-corrected chi connectivity index (χ4v) is 2.94. The minimum Gasteiger partial charge on any atom is -0.345 e. The molecular weight excluding hydrogens is 264 g/mol. The molecular formula is C13H17BrN2. The molecule has 0 amide bonds. The Morgan fingerprint density at radius 3 is 2.62 bits per heavy atom. The second kappa shape index (κ2) is 4.22. The van der Waals surface area contributed by atoms with Crippen LogP contribution in [0, 0.1) is 13.8 Å². The van der Waals surface area contributed by atoms with Crippen LogP contribution in [0.25, 0.3) is 10.9 Å². The van der Waals surface area contributed by atoms with E-state index >= 15 is 0 Å². The number of rotatable bonds is 2. The first-order valence-corrected chi connectivity index (χ1v) is 6.24. The van der Waals surface area contributed by atoms with E-state index in [0.717, 1.165) is 6.54 Å². The Balaban J connectivity index is 2.83. The van der Waals surface area contributed by atoms with Crippen LogP contribution in [-0.4, -0.2) is 11.6 Å². The molecule has 1 N–H and O–H groups in total. The molecule has 1 aromatic carbocycles. The first kappa shape index (κ1) is 11.7. The van der Waals surface area contributed by atoms with E-state index in [1.807, 2.05) is 7.05 Å². The molecule has 0 saturated carbocycles. The lowest BCUT2D eigenvalue weighted by Gasteiger charge is -2.06. The van der Waals surface area contributed by atoms with Crippen molar-refractivity contribution in [3.8, 4) is 0 Å². The van der Waals surface area contributed by atoms with Gasteiger partial charge < -0.3 is 9.88 Å². The van der Waals surface area contributed by atoms with E-state index in [0.29, 0.717) is 0 Å². The summed E-state index contributed by atoms with van der Waals surface area (Å²) in [5.41, 5.74) is 5.34. The molecule has 0 atom stereocenters. The summed E-state index contributed by atoms with van der Waals surface area (Å²) in [4.78, 5) is 0. The van der Waals surface area contributed by atoms with Gasteiger partial charge in [-0.15, -0.1) is 0 Å². The summed E-state index contributed by atoms with van der Waals surface area (Å²) in [6, 6.07) is 4.38. The zero-order chi connectivity index (χ0) is 11.9. The van der Waals surface area contributed by atoms with Crippen LogP contribution in [0.3, 0.4) is 0 Å². The van der Waals surface area contributed by atoms with Crippen molar-refractivity contribution in [2.45, 2.75) is 20.4 Å². The van der Waals surface area contributed by atoms with Crippen LogP contribution in [-0.2, 0) is 13.6 Å². The molecule has 0 aliphatic heterocycles. The van der Waals surface area contributed by atoms with Crippen molar-refractivity contribution in [3.05, 3.63) is 33.4 Å². The van der Waals surface area contributed by atoms with Crippen molar-refractivity contribution in [1.29, 1.82) is 0 Å². The van der Waals surface area contributed by atoms with Crippen LogP contribution in [0.1, 0.15) is 16.8 Å². The van der Waals surface area contributed by atoms with Gasteiger partial charge in [-0.1, -0.05) is 12.1 Å². The summed E-state index contributed by atoms with van der Waals surface area (Å²) in [7, 11) is 4.11. The Morgan fingerprint density at radius 2 is 2.00 bits per heavy atom. The zero-order valence-corrected chi connectivity index (χ0v) is 11.8. The zero-order valence-electron chi connectivity index (χ0n) is 10.2. The standard InChI is InChI=1S/C13H17BrN2/c1-8-5-6-10-12(14)11(7-15-3)16(4)13(10)9(8)2/h5-6,15H,7H2,1-4H3. The maximum atomic E-state index is 3.70. The quantitative estimate of drug-likeness (QED) is 0.894. The largest absolute Gasteiger partial charge is 0.345 e. The fourth-order valence-electron chi connectivity index (χ4n) is 2.21. The third kappa shape index (κ3) is 1.59. The predicted molar refractivity (Wildman–Crippen MR) is 72.9 cm³/mol. The monoisotopic (exact) mass is 280 g/mol. The Labute approximate surface area is 105 Å². The number of hydrogen-bond donors (Lipinski definition) is 1. The van der Waals surface area contributed by atoms with Crippen LogP contribution in [0.5, 0.6) is 0 Å². The predicted octanol–water partition coefficient (Wildman–Crippen LogP) is 3.28. The number of fused-ring (bicyclic) bond motifs is 1. The van der Waals surface area contributed by atoms with E-state index in [1.165, 1.54) is 32.2 Å². The molecule has 0 spiro atoms. The molecule has 0 aliphatic rings. The van der Waals surface area contributed by atoms with Crippen LogP contribution in [0.2, 0.25) is 0 Å². The van der Waals surface area contributed by atoms with Crippen LogP contribution >= 0.6 is 15.9 Å². The number of benzene rings is 1. The number of aromatic nitrogens is 1. The first-order valence-electron chi connectivity index (χ1n) is 5.45. The summed E-state index contributed by atoms with van der Waals surface area (Å²) in [5.74, 6) is 0. The van der Waals surface area contributed by atoms with E-state index in [2.05, 4.69) is 58.8 Å². The molecule has 0 bridgehead atoms. The van der Waals surface area contributed by atoms with E-state index in [9.17, 15) is 0 Å². The van der Waals surface area contributed by atoms with E-state index in [1.54, 1.807) is 0 Å². The van der Waals surface area contributed by atoms with Gasteiger partial charge in [0, 0.05) is 29.1 Å². The SMILES string of the molecule is CNCc1c(Br)c2ccc(C)c(C)c2n1C. The highest BCUT2D eigenvalue weighted by atomic mass is 79.9. The van der Waals surface area contributed by atoms with Crippen molar-refractivity contribution in [1.82, 2.24) is 9.88 Å². The van der Waals surface area contributed by atoms with Gasteiger partial charge in [0.1, 0.15) is 0 Å². The van der Waals surface area contributed by atoms with Crippen molar-refractivity contribution in [2.75, 3.05) is 7.05 Å². The number of nitrogens with zero attached hydrogens (tertiary/aromatic N) is 1. The lowest BCUT2D eigenvalue weighted by atomic mass is 10.1. The average Bonchev–Trinajstić information content (AvgIpc) is 2.49. The highest BCUT2D eigenvalue weighted by Gasteiger charge is 2.14. The third-order valence-corrected chi connectivity index (χ3v) is 4.16. The van der Waals surface area contributed by atoms with Gasteiger partial charge in [0.15, 0.2) is 0 Å². The van der Waals surface area contributed by atoms with Crippen LogP contribution < -0.4 is 5.32 Å². The molecule has 0 saturated heterocycles. The number of aryl methyl sites for hydroxylation is 3. The van der Waals surface area contributed by atoms with E-state index < -0.39 is 0 Å². The molecule has 0 aliphatic carbocycles. The van der Waals surface area contributed by atoms with Gasteiger partial charge in [-0.2, -0.15) is 0 Å². The van der Waals surface area contributed by atoms with Crippen molar-refractivity contribution >= 4 is 26.8 Å². The molecule has 2 nitrogen and oxygen atoms in total. The molecule has 2 aromatic rings. The second-order valence-corrected chi connectivity index (χ2v) is 5.05. The molecule has 16 heavy (non-hydrogen) atoms. The smallest absolute Gasteiger partial charge is 0.0524 e. The van der Waals surface area contributed by atoms with E-state index in [4.69, 9.17) is 0 Å². The maximum Gasteiger partial charge on any atom is 0.0524 e. The van der Waals surface area contributed by atoms with Gasteiger partial charge in [0.25, 0.3) is 0 Å². The molecule has 0 fully saturated rings. The number of nitrogens with one attached hydrogen (secondary N) is 1. The van der Waals surface area contributed by atoms with Crippen LogP contribution in [0.15, 0.2) is 16.6 Å². The topological polar surface area (TPSA) is 17.0 Å². The molecule has 0 radical (unpaired) electrons. The molecule has 2 rings (SSSR count). The molecule has 86 valence electrons. The molecule has 1 heterocycles. The van der Waals surface area contributed by atoms with Gasteiger partial charge in [0.05, 0.1) is 5.52 Å². The van der Waals surface area contributed by atoms with Gasteiger partial charge in [-0.25, -0.2) is 0 Å². The van der Waals surface area contributed by atoms with Gasteiger partial charge in [0.2, 0.25) is 0 Å². The Morgan fingerprint density at radius 1 is 1.31 bits per heavy atom. The fraction of sp³-hybridized carbons (Fsp3) is 0.385. The summed E-state index contributed by atoms with van der Waals surface area (Å²) in [6.07, 6.45) is 0. The summed E-state index contributed by atoms with van der Waals surface area (Å²) in [5, 5.41) is 4.51. The van der Waals surface area contributed by atoms with Crippen molar-refractivity contribution in [2.24, 2.45) is 7.05 Å². The van der Waals surface area contributed by atoms with Gasteiger partial charge in [-0.05, 0) is 48.0 Å². The lowest BCUT2D eigenvalue weighted by Crippen LogP contribution is -2.09. The normalized spacial score (nSPS) is 11.3. The third-order valence-electron chi connectivity index (χ3n) is 3.28.